The van der Waals surface area contributed by atoms with E-state index in [0.717, 1.165) is 39.9 Å². The molecule has 0 aliphatic heterocycles. The molecule has 1 aromatic heterocycles. The average molecular weight is 940 g/mol. The maximum atomic E-state index is 4.53. The molecule has 0 fully saturated rings. The smallest absolute Gasteiger partial charge is 0.0541 e. The van der Waals surface area contributed by atoms with Crippen LogP contribution in [0.15, 0.2) is 279 Å². The summed E-state index contributed by atoms with van der Waals surface area (Å²) >= 11 is 0. The standard InChI is InChI=1S/C73H49N/c1-48-15-3-2-4-16-49-17-5-6-18-55(49)43-67(48)52-35-39-60(40-36-52)74-72-41-37-56(50-27-31-53(32-28-50)68-46-58-19-7-9-21-61(58)63-23-11-13-25-65(63)68)44-70(72)71-45-57(38-42-73(71)74)51-29-33-54(34-30-51)69-47-59-20-8-10-22-62(59)64-24-12-14-26-66(64)69/h2-15,17-47H,1,16H2/b4-2-,15-3-,67-43?. The number of allylic oxidation sites excluding steroid dienone is 6. The summed E-state index contributed by atoms with van der Waals surface area (Å²) in [6.07, 6.45) is 11.7. The Kier molecular flexibility index (Phi) is 10.5. The number of rotatable bonds is 6. The molecule has 0 radical (unpaired) electrons. The molecular weight excluding hydrogens is 891 g/mol. The molecular formula is C73H49N. The zero-order valence-electron chi connectivity index (χ0n) is 40.8. The summed E-state index contributed by atoms with van der Waals surface area (Å²) in [6.45, 7) is 4.53. The highest BCUT2D eigenvalue weighted by atomic mass is 15.0. The van der Waals surface area contributed by atoms with Gasteiger partial charge >= 0.3 is 0 Å². The highest BCUT2D eigenvalue weighted by Crippen LogP contribution is 2.41. The highest BCUT2D eigenvalue weighted by Gasteiger charge is 2.18. The summed E-state index contributed by atoms with van der Waals surface area (Å²) in [4.78, 5) is 0. The molecule has 0 bridgehead atoms. The molecule has 1 aliphatic carbocycles. The number of benzene rings is 12. The second-order valence-corrected chi connectivity index (χ2v) is 19.7. The van der Waals surface area contributed by atoms with Crippen LogP contribution in [0.25, 0.3) is 127 Å². The molecule has 0 N–H and O–H groups in total. The van der Waals surface area contributed by atoms with Gasteiger partial charge in [0.1, 0.15) is 0 Å². The number of nitrogens with zero attached hydrogens (tertiary/aromatic N) is 1. The van der Waals surface area contributed by atoms with Crippen LogP contribution in [0.5, 0.6) is 0 Å². The zero-order valence-corrected chi connectivity index (χ0v) is 40.8. The van der Waals surface area contributed by atoms with Gasteiger partial charge in [-0.3, -0.25) is 0 Å². The lowest BCUT2D eigenvalue weighted by atomic mass is 9.92. The second kappa shape index (κ2) is 17.9. The summed E-state index contributed by atoms with van der Waals surface area (Å²) in [5, 5.41) is 12.6. The predicted octanol–water partition coefficient (Wildman–Crippen LogP) is 19.8. The molecule has 0 unspecified atom stereocenters. The van der Waals surface area contributed by atoms with Gasteiger partial charge in [-0.05, 0) is 176 Å². The minimum Gasteiger partial charge on any atom is -0.309 e. The van der Waals surface area contributed by atoms with E-state index in [1.165, 1.54) is 109 Å². The monoisotopic (exact) mass is 939 g/mol. The van der Waals surface area contributed by atoms with Gasteiger partial charge in [-0.1, -0.05) is 225 Å². The van der Waals surface area contributed by atoms with Crippen LogP contribution in [-0.2, 0) is 6.42 Å². The quantitative estimate of drug-likeness (QED) is 0.146. The van der Waals surface area contributed by atoms with Gasteiger partial charge in [0.05, 0.1) is 11.0 Å². The maximum Gasteiger partial charge on any atom is 0.0541 e. The zero-order chi connectivity index (χ0) is 49.1. The Hall–Kier alpha value is -9.56. The number of fused-ring (bicyclic) bond motifs is 10. The van der Waals surface area contributed by atoms with E-state index >= 15 is 0 Å². The van der Waals surface area contributed by atoms with Crippen molar-refractivity contribution in [3.05, 3.63) is 296 Å². The van der Waals surface area contributed by atoms with Crippen LogP contribution in [-0.4, -0.2) is 4.57 Å². The van der Waals surface area contributed by atoms with Crippen molar-refractivity contribution in [2.24, 2.45) is 0 Å². The summed E-state index contributed by atoms with van der Waals surface area (Å²) in [5.74, 6) is 0. The third-order valence-corrected chi connectivity index (χ3v) is 15.4. The van der Waals surface area contributed by atoms with Gasteiger partial charge in [0, 0.05) is 16.5 Å². The third kappa shape index (κ3) is 7.49. The van der Waals surface area contributed by atoms with Gasteiger partial charge < -0.3 is 4.57 Å². The van der Waals surface area contributed by atoms with Crippen LogP contribution in [0.4, 0.5) is 0 Å². The fourth-order valence-corrected chi connectivity index (χ4v) is 11.6. The normalized spacial score (nSPS) is 13.7. The van der Waals surface area contributed by atoms with E-state index in [1.54, 1.807) is 0 Å². The van der Waals surface area contributed by atoms with Gasteiger partial charge in [0.25, 0.3) is 0 Å². The summed E-state index contributed by atoms with van der Waals surface area (Å²) < 4.78 is 2.43. The Morgan fingerprint density at radius 3 is 1.34 bits per heavy atom. The van der Waals surface area contributed by atoms with E-state index in [9.17, 15) is 0 Å². The van der Waals surface area contributed by atoms with E-state index in [4.69, 9.17) is 0 Å². The van der Waals surface area contributed by atoms with E-state index in [2.05, 4.69) is 284 Å². The van der Waals surface area contributed by atoms with Gasteiger partial charge in [-0.15, -0.1) is 0 Å². The molecule has 1 nitrogen and oxygen atoms in total. The SMILES string of the molecule is C=C1/C=C\C=C/Cc2ccccc2C=C1c1ccc(-n2c3ccc(-c4ccc(-c5cc6ccccc6c6ccccc56)cc4)cc3c3cc(-c4ccc(-c5cc6ccccc6c6ccccc56)cc4)ccc32)cc1. The predicted molar refractivity (Wildman–Crippen MR) is 318 cm³/mol. The molecule has 14 rings (SSSR count). The average Bonchev–Trinajstić information content (AvgIpc) is 3.80. The molecule has 74 heavy (non-hydrogen) atoms. The van der Waals surface area contributed by atoms with Gasteiger partial charge in [-0.2, -0.15) is 0 Å². The molecule has 0 spiro atoms. The number of hydrogen-bond donors (Lipinski definition) is 0. The van der Waals surface area contributed by atoms with Crippen LogP contribution in [0.1, 0.15) is 16.7 Å². The number of aromatic nitrogens is 1. The maximum absolute atomic E-state index is 4.53. The van der Waals surface area contributed by atoms with Crippen LogP contribution in [0, 0.1) is 0 Å². The molecule has 0 atom stereocenters. The lowest BCUT2D eigenvalue weighted by Gasteiger charge is -2.14. The molecule has 346 valence electrons. The van der Waals surface area contributed by atoms with Crippen LogP contribution in [0.3, 0.4) is 0 Å². The fourth-order valence-electron chi connectivity index (χ4n) is 11.6. The Labute approximate surface area is 431 Å². The molecule has 1 heterocycles. The van der Waals surface area contributed by atoms with Crippen molar-refractivity contribution in [2.45, 2.75) is 6.42 Å². The first-order valence-corrected chi connectivity index (χ1v) is 25.6. The topological polar surface area (TPSA) is 4.93 Å². The largest absolute Gasteiger partial charge is 0.309 e. The van der Waals surface area contributed by atoms with Crippen LogP contribution < -0.4 is 0 Å². The Bertz CT molecular complexity index is 4260. The minimum absolute atomic E-state index is 0.884. The minimum atomic E-state index is 0.884. The van der Waals surface area contributed by atoms with Crippen molar-refractivity contribution in [1.82, 2.24) is 4.57 Å². The van der Waals surface area contributed by atoms with E-state index in [-0.39, 0.29) is 0 Å². The van der Waals surface area contributed by atoms with Crippen molar-refractivity contribution in [3.8, 4) is 50.2 Å². The summed E-state index contributed by atoms with van der Waals surface area (Å²) in [7, 11) is 0. The second-order valence-electron chi connectivity index (χ2n) is 19.7. The highest BCUT2D eigenvalue weighted by molar-refractivity contribution is 6.16. The summed E-state index contributed by atoms with van der Waals surface area (Å²) in [5.41, 5.74) is 18.8. The third-order valence-electron chi connectivity index (χ3n) is 15.4. The fraction of sp³-hybridized carbons (Fsp3) is 0.0137. The van der Waals surface area contributed by atoms with Gasteiger partial charge in [0.2, 0.25) is 0 Å². The van der Waals surface area contributed by atoms with Crippen LogP contribution in [0.2, 0.25) is 0 Å². The molecule has 0 saturated heterocycles. The van der Waals surface area contributed by atoms with Crippen LogP contribution >= 0.6 is 0 Å². The molecule has 0 saturated carbocycles. The molecule has 12 aromatic carbocycles. The summed E-state index contributed by atoms with van der Waals surface area (Å²) in [6, 6.07) is 89.7. The Morgan fingerprint density at radius 1 is 0.338 bits per heavy atom. The van der Waals surface area contributed by atoms with E-state index < -0.39 is 0 Å². The van der Waals surface area contributed by atoms with Gasteiger partial charge in [-0.25, -0.2) is 0 Å². The molecule has 1 aliphatic rings. The van der Waals surface area contributed by atoms with E-state index in [1.807, 2.05) is 0 Å². The lowest BCUT2D eigenvalue weighted by Crippen LogP contribution is -1.96. The lowest BCUT2D eigenvalue weighted by molar-refractivity contribution is 1.18. The van der Waals surface area contributed by atoms with Crippen molar-refractivity contribution >= 4 is 76.5 Å². The van der Waals surface area contributed by atoms with Crippen molar-refractivity contribution in [3.63, 3.8) is 0 Å². The van der Waals surface area contributed by atoms with Crippen molar-refractivity contribution in [1.29, 1.82) is 0 Å². The first-order valence-electron chi connectivity index (χ1n) is 25.6. The molecule has 0 amide bonds. The van der Waals surface area contributed by atoms with E-state index in [0.29, 0.717) is 0 Å². The Morgan fingerprint density at radius 2 is 0.784 bits per heavy atom. The number of hydrogen-bond acceptors (Lipinski definition) is 0. The van der Waals surface area contributed by atoms with Crippen molar-refractivity contribution < 1.29 is 0 Å². The Balaban J connectivity index is 0.881. The molecule has 1 heteroatoms. The first-order chi connectivity index (χ1) is 36.6. The molecule has 13 aromatic rings. The van der Waals surface area contributed by atoms with Crippen molar-refractivity contribution in [2.75, 3.05) is 0 Å². The van der Waals surface area contributed by atoms with Gasteiger partial charge in [0.15, 0.2) is 0 Å². The first kappa shape index (κ1) is 43.2.